The number of hydrogen-bond acceptors (Lipinski definition) is 9. The molecular formula is C16H11ClN8O3S. The highest BCUT2D eigenvalue weighted by atomic mass is 35.5. The average Bonchev–Trinajstić information content (AvgIpc) is 3.22. The lowest BCUT2D eigenvalue weighted by molar-refractivity contribution is -0.384. The van der Waals surface area contributed by atoms with Crippen LogP contribution < -0.4 is 10.6 Å². The van der Waals surface area contributed by atoms with Gasteiger partial charge in [0.25, 0.3) is 0 Å². The molecule has 1 amide bonds. The third kappa shape index (κ3) is 3.70. The van der Waals surface area contributed by atoms with Gasteiger partial charge in [0.05, 0.1) is 10.6 Å². The summed E-state index contributed by atoms with van der Waals surface area (Å²) in [5, 5.41) is 22.6. The van der Waals surface area contributed by atoms with Crippen molar-refractivity contribution in [2.45, 2.75) is 6.92 Å². The third-order valence-electron chi connectivity index (χ3n) is 3.77. The van der Waals surface area contributed by atoms with E-state index in [4.69, 9.17) is 11.6 Å². The summed E-state index contributed by atoms with van der Waals surface area (Å²) in [6, 6.07) is 7.25. The molecule has 0 saturated heterocycles. The zero-order valence-electron chi connectivity index (χ0n) is 14.7. The number of halogens is 1. The minimum Gasteiger partial charge on any atom is -0.326 e. The molecule has 4 aromatic rings. The van der Waals surface area contributed by atoms with Crippen LogP contribution >= 0.6 is 22.9 Å². The summed E-state index contributed by atoms with van der Waals surface area (Å²) >= 11 is 7.15. The summed E-state index contributed by atoms with van der Waals surface area (Å²) in [5.41, 5.74) is 1.86. The number of thiazole rings is 1. The fourth-order valence-corrected chi connectivity index (χ4v) is 3.61. The van der Waals surface area contributed by atoms with Crippen LogP contribution in [0.3, 0.4) is 0 Å². The number of benzene rings is 1. The van der Waals surface area contributed by atoms with Gasteiger partial charge >= 0.3 is 5.69 Å². The Kier molecular flexibility index (Phi) is 4.78. The molecule has 0 fully saturated rings. The summed E-state index contributed by atoms with van der Waals surface area (Å²) in [6.07, 6.45) is 1.11. The topological polar surface area (TPSA) is 140 Å². The maximum absolute atomic E-state index is 11.2. The molecule has 0 aliphatic carbocycles. The number of nitrogens with one attached hydrogen (secondary N) is 2. The summed E-state index contributed by atoms with van der Waals surface area (Å²) < 4.78 is 1.61. The Balaban J connectivity index is 1.66. The number of carbonyl (C=O) groups is 1. The van der Waals surface area contributed by atoms with E-state index < -0.39 is 10.6 Å². The van der Waals surface area contributed by atoms with Crippen molar-refractivity contribution in [3.05, 3.63) is 51.2 Å². The molecule has 1 aromatic carbocycles. The van der Waals surface area contributed by atoms with Crippen LogP contribution in [0, 0.1) is 10.1 Å². The number of amides is 1. The maximum atomic E-state index is 11.2. The SMILES string of the molecule is CC(=O)Nc1ccc(-c2csc3nc(Nc4ncnc(Cl)c4[N+](=O)[O-])nn23)cc1. The van der Waals surface area contributed by atoms with Crippen molar-refractivity contribution in [2.24, 2.45) is 0 Å². The van der Waals surface area contributed by atoms with Gasteiger partial charge in [-0.2, -0.15) is 4.98 Å². The second-order valence-corrected chi connectivity index (χ2v) is 6.95. The number of aromatic nitrogens is 5. The highest BCUT2D eigenvalue weighted by molar-refractivity contribution is 7.15. The van der Waals surface area contributed by atoms with Crippen LogP contribution in [0.1, 0.15) is 6.92 Å². The van der Waals surface area contributed by atoms with Gasteiger partial charge in [0.15, 0.2) is 0 Å². The van der Waals surface area contributed by atoms with Gasteiger partial charge in [-0.3, -0.25) is 14.9 Å². The van der Waals surface area contributed by atoms with Crippen LogP contribution in [0.2, 0.25) is 5.15 Å². The van der Waals surface area contributed by atoms with E-state index in [0.29, 0.717) is 10.6 Å². The molecule has 11 nitrogen and oxygen atoms in total. The number of nitro groups is 1. The monoisotopic (exact) mass is 430 g/mol. The zero-order valence-corrected chi connectivity index (χ0v) is 16.2. The van der Waals surface area contributed by atoms with Crippen LogP contribution in [-0.2, 0) is 4.79 Å². The Morgan fingerprint density at radius 2 is 2.03 bits per heavy atom. The van der Waals surface area contributed by atoms with E-state index in [0.717, 1.165) is 17.6 Å². The van der Waals surface area contributed by atoms with E-state index >= 15 is 0 Å². The van der Waals surface area contributed by atoms with Crippen molar-refractivity contribution in [1.82, 2.24) is 24.6 Å². The lowest BCUT2D eigenvalue weighted by Gasteiger charge is -2.04. The van der Waals surface area contributed by atoms with Crippen molar-refractivity contribution in [2.75, 3.05) is 10.6 Å². The van der Waals surface area contributed by atoms with Crippen LogP contribution in [0.25, 0.3) is 16.2 Å². The molecule has 0 unspecified atom stereocenters. The second kappa shape index (κ2) is 7.41. The summed E-state index contributed by atoms with van der Waals surface area (Å²) in [7, 11) is 0. The number of hydrogen-bond donors (Lipinski definition) is 2. The highest BCUT2D eigenvalue weighted by Crippen LogP contribution is 2.31. The Hall–Kier alpha value is -3.64. The predicted octanol–water partition coefficient (Wildman–Crippen LogP) is 3.51. The second-order valence-electron chi connectivity index (χ2n) is 5.75. The zero-order chi connectivity index (χ0) is 20.5. The molecule has 2 N–H and O–H groups in total. The maximum Gasteiger partial charge on any atom is 0.348 e. The molecule has 13 heteroatoms. The Labute approximate surface area is 171 Å². The van der Waals surface area contributed by atoms with Crippen LogP contribution in [0.4, 0.5) is 23.1 Å². The molecular weight excluding hydrogens is 420 g/mol. The fraction of sp³-hybridized carbons (Fsp3) is 0.0625. The number of fused-ring (bicyclic) bond motifs is 1. The van der Waals surface area contributed by atoms with E-state index in [1.807, 2.05) is 17.5 Å². The Bertz CT molecular complexity index is 1240. The Morgan fingerprint density at radius 3 is 2.72 bits per heavy atom. The molecule has 0 saturated carbocycles. The van der Waals surface area contributed by atoms with Crippen molar-refractivity contribution in [1.29, 1.82) is 0 Å². The first-order chi connectivity index (χ1) is 13.9. The van der Waals surface area contributed by atoms with Gasteiger partial charge in [-0.15, -0.1) is 16.4 Å². The largest absolute Gasteiger partial charge is 0.348 e. The average molecular weight is 431 g/mol. The predicted molar refractivity (Wildman–Crippen MR) is 108 cm³/mol. The van der Waals surface area contributed by atoms with Gasteiger partial charge in [-0.25, -0.2) is 14.5 Å². The summed E-state index contributed by atoms with van der Waals surface area (Å²) in [5.74, 6) is -0.123. The van der Waals surface area contributed by atoms with Gasteiger partial charge < -0.3 is 10.6 Å². The third-order valence-corrected chi connectivity index (χ3v) is 4.87. The smallest absolute Gasteiger partial charge is 0.326 e. The van der Waals surface area contributed by atoms with Crippen molar-refractivity contribution < 1.29 is 9.72 Å². The molecule has 4 rings (SSSR count). The molecule has 29 heavy (non-hydrogen) atoms. The number of anilines is 3. The summed E-state index contributed by atoms with van der Waals surface area (Å²) in [6.45, 7) is 1.44. The van der Waals surface area contributed by atoms with E-state index in [-0.39, 0.29) is 22.8 Å². The molecule has 0 aliphatic rings. The standard InChI is InChI=1S/C16H11ClN8O3S/c1-8(26)20-10-4-2-9(3-5-10)11-6-29-16-22-15(23-24(11)16)21-14-12(25(27)28)13(17)18-7-19-14/h2-7H,1H3,(H,20,26)(H,18,19,21,23). The quantitative estimate of drug-likeness (QED) is 0.278. The van der Waals surface area contributed by atoms with E-state index in [1.54, 1.807) is 16.6 Å². The van der Waals surface area contributed by atoms with E-state index in [9.17, 15) is 14.9 Å². The number of carbonyl (C=O) groups excluding carboxylic acids is 1. The van der Waals surface area contributed by atoms with Crippen LogP contribution in [-0.4, -0.2) is 35.4 Å². The minimum absolute atomic E-state index is 0.102. The molecule has 146 valence electrons. The fourth-order valence-electron chi connectivity index (χ4n) is 2.58. The molecule has 0 radical (unpaired) electrons. The van der Waals surface area contributed by atoms with Crippen molar-refractivity contribution >= 4 is 56.9 Å². The Morgan fingerprint density at radius 1 is 1.28 bits per heavy atom. The van der Waals surface area contributed by atoms with Crippen molar-refractivity contribution in [3.8, 4) is 11.3 Å². The van der Waals surface area contributed by atoms with Crippen LogP contribution in [0.15, 0.2) is 36.0 Å². The molecule has 3 heterocycles. The lowest BCUT2D eigenvalue weighted by atomic mass is 10.1. The number of rotatable bonds is 5. The van der Waals surface area contributed by atoms with E-state index in [1.165, 1.54) is 18.3 Å². The lowest BCUT2D eigenvalue weighted by Crippen LogP contribution is -2.05. The van der Waals surface area contributed by atoms with Gasteiger partial charge in [-0.05, 0) is 12.1 Å². The van der Waals surface area contributed by atoms with Gasteiger partial charge in [0.1, 0.15) is 6.33 Å². The normalized spacial score (nSPS) is 10.8. The molecule has 0 spiro atoms. The minimum atomic E-state index is -0.675. The van der Waals surface area contributed by atoms with Gasteiger partial charge in [0.2, 0.25) is 27.8 Å². The number of nitrogens with zero attached hydrogens (tertiary/aromatic N) is 6. The first-order valence-corrected chi connectivity index (χ1v) is 9.32. The van der Waals surface area contributed by atoms with Crippen LogP contribution in [0.5, 0.6) is 0 Å². The first-order valence-electron chi connectivity index (χ1n) is 8.06. The van der Waals surface area contributed by atoms with Gasteiger partial charge in [-0.1, -0.05) is 23.7 Å². The molecule has 3 aromatic heterocycles. The van der Waals surface area contributed by atoms with E-state index in [2.05, 4.69) is 30.7 Å². The highest BCUT2D eigenvalue weighted by Gasteiger charge is 2.23. The molecule has 0 bridgehead atoms. The molecule has 0 atom stereocenters. The summed E-state index contributed by atoms with van der Waals surface area (Å²) in [4.78, 5) is 34.1. The van der Waals surface area contributed by atoms with Gasteiger partial charge in [0, 0.05) is 23.6 Å². The van der Waals surface area contributed by atoms with Crippen molar-refractivity contribution in [3.63, 3.8) is 0 Å². The molecule has 0 aliphatic heterocycles. The first kappa shape index (κ1) is 18.7.